The number of rotatable bonds is 3. The third kappa shape index (κ3) is 1.89. The van der Waals surface area contributed by atoms with E-state index in [1.165, 1.54) is 16.7 Å². The van der Waals surface area contributed by atoms with E-state index in [2.05, 4.69) is 32.0 Å². The molecular formula is C13H16O2. The van der Waals surface area contributed by atoms with Crippen molar-refractivity contribution in [2.45, 2.75) is 38.5 Å². The molecule has 80 valence electrons. The van der Waals surface area contributed by atoms with Crippen LogP contribution in [0.5, 0.6) is 0 Å². The summed E-state index contributed by atoms with van der Waals surface area (Å²) < 4.78 is 0. The molecule has 1 aliphatic rings. The zero-order valence-electron chi connectivity index (χ0n) is 9.21. The van der Waals surface area contributed by atoms with E-state index in [0.717, 1.165) is 12.8 Å². The summed E-state index contributed by atoms with van der Waals surface area (Å²) in [6.45, 7) is 4.12. The fraction of sp³-hybridized carbons (Fsp3) is 0.462. The molecule has 0 bridgehead atoms. The summed E-state index contributed by atoms with van der Waals surface area (Å²) in [5.74, 6) is -0.687. The number of hydrogen-bond acceptors (Lipinski definition) is 1. The predicted octanol–water partition coefficient (Wildman–Crippen LogP) is 2.81. The van der Waals surface area contributed by atoms with Crippen molar-refractivity contribution in [2.75, 3.05) is 0 Å². The van der Waals surface area contributed by atoms with Crippen molar-refractivity contribution >= 4 is 5.97 Å². The van der Waals surface area contributed by atoms with Gasteiger partial charge in [-0.25, -0.2) is 0 Å². The summed E-state index contributed by atoms with van der Waals surface area (Å²) >= 11 is 0. The van der Waals surface area contributed by atoms with E-state index in [1.807, 2.05) is 0 Å². The van der Waals surface area contributed by atoms with Gasteiger partial charge in [-0.1, -0.05) is 23.8 Å². The third-order valence-electron chi connectivity index (χ3n) is 3.31. The average molecular weight is 204 g/mol. The van der Waals surface area contributed by atoms with Crippen LogP contribution in [0, 0.1) is 13.8 Å². The first-order chi connectivity index (χ1) is 7.03. The summed E-state index contributed by atoms with van der Waals surface area (Å²) in [5.41, 5.74) is 3.62. The highest BCUT2D eigenvalue weighted by atomic mass is 16.4. The zero-order valence-corrected chi connectivity index (χ0v) is 9.21. The lowest BCUT2D eigenvalue weighted by Crippen LogP contribution is -2.14. The third-order valence-corrected chi connectivity index (χ3v) is 3.31. The van der Waals surface area contributed by atoms with Gasteiger partial charge < -0.3 is 5.11 Å². The number of aliphatic carboxylic acids is 1. The average Bonchev–Trinajstić information content (AvgIpc) is 2.89. The number of benzene rings is 1. The largest absolute Gasteiger partial charge is 0.481 e. The molecule has 1 fully saturated rings. The second kappa shape index (κ2) is 3.37. The topological polar surface area (TPSA) is 37.3 Å². The highest BCUT2D eigenvalue weighted by Crippen LogP contribution is 2.52. The lowest BCUT2D eigenvalue weighted by Gasteiger charge is -2.16. The van der Waals surface area contributed by atoms with E-state index in [-0.39, 0.29) is 11.8 Å². The Morgan fingerprint density at radius 3 is 2.60 bits per heavy atom. The number of carboxylic acid groups (broad SMARTS) is 1. The maximum absolute atomic E-state index is 10.8. The molecule has 0 spiro atoms. The van der Waals surface area contributed by atoms with E-state index < -0.39 is 5.97 Å². The number of aryl methyl sites for hydroxylation is 2. The SMILES string of the molecule is Cc1ccc(C)c(C2(CC(=O)O)CC2)c1. The van der Waals surface area contributed by atoms with Crippen molar-refractivity contribution in [3.8, 4) is 0 Å². The molecule has 0 aromatic heterocycles. The molecule has 1 aliphatic carbocycles. The van der Waals surface area contributed by atoms with Crippen LogP contribution < -0.4 is 0 Å². The van der Waals surface area contributed by atoms with Gasteiger partial charge in [-0.3, -0.25) is 4.79 Å². The molecule has 0 atom stereocenters. The Morgan fingerprint density at radius 1 is 1.40 bits per heavy atom. The first kappa shape index (κ1) is 10.2. The van der Waals surface area contributed by atoms with Crippen LogP contribution >= 0.6 is 0 Å². The molecule has 2 nitrogen and oxygen atoms in total. The van der Waals surface area contributed by atoms with Crippen LogP contribution in [0.4, 0.5) is 0 Å². The molecule has 0 amide bonds. The van der Waals surface area contributed by atoms with Crippen LogP contribution in [0.1, 0.15) is 36.0 Å². The standard InChI is InChI=1S/C13H16O2/c1-9-3-4-10(2)11(7-9)13(5-6-13)8-12(14)15/h3-4,7H,5-6,8H2,1-2H3,(H,14,15). The van der Waals surface area contributed by atoms with Crippen LogP contribution in [0.2, 0.25) is 0 Å². The highest BCUT2D eigenvalue weighted by Gasteiger charge is 2.46. The maximum Gasteiger partial charge on any atom is 0.304 e. The van der Waals surface area contributed by atoms with Crippen LogP contribution in [-0.4, -0.2) is 11.1 Å². The van der Waals surface area contributed by atoms with Gasteiger partial charge in [0.2, 0.25) is 0 Å². The van der Waals surface area contributed by atoms with Crippen molar-refractivity contribution in [1.29, 1.82) is 0 Å². The zero-order chi connectivity index (χ0) is 11.1. The lowest BCUT2D eigenvalue weighted by molar-refractivity contribution is -0.137. The molecule has 15 heavy (non-hydrogen) atoms. The second-order valence-electron chi connectivity index (χ2n) is 4.67. The first-order valence-electron chi connectivity index (χ1n) is 5.33. The molecule has 2 heteroatoms. The summed E-state index contributed by atoms with van der Waals surface area (Å²) in [6, 6.07) is 6.31. The van der Waals surface area contributed by atoms with Crippen LogP contribution in [-0.2, 0) is 10.2 Å². The van der Waals surface area contributed by atoms with Gasteiger partial charge in [0.25, 0.3) is 0 Å². The minimum Gasteiger partial charge on any atom is -0.481 e. The molecule has 0 radical (unpaired) electrons. The Labute approximate surface area is 89.9 Å². The summed E-state index contributed by atoms with van der Waals surface area (Å²) in [5, 5.41) is 8.91. The van der Waals surface area contributed by atoms with Gasteiger partial charge in [0.05, 0.1) is 6.42 Å². The molecule has 1 aromatic carbocycles. The first-order valence-corrected chi connectivity index (χ1v) is 5.33. The Morgan fingerprint density at radius 2 is 2.07 bits per heavy atom. The summed E-state index contributed by atoms with van der Waals surface area (Å²) in [7, 11) is 0. The number of hydrogen-bond donors (Lipinski definition) is 1. The van der Waals surface area contributed by atoms with Gasteiger partial charge in [-0.05, 0) is 37.8 Å². The fourth-order valence-corrected chi connectivity index (χ4v) is 2.29. The Kier molecular flexibility index (Phi) is 2.29. The molecule has 2 rings (SSSR count). The second-order valence-corrected chi connectivity index (χ2v) is 4.67. The van der Waals surface area contributed by atoms with Gasteiger partial charge in [0.1, 0.15) is 0 Å². The Bertz CT molecular complexity index is 403. The molecule has 0 saturated heterocycles. The molecule has 1 N–H and O–H groups in total. The normalized spacial score (nSPS) is 17.5. The molecule has 0 heterocycles. The minimum absolute atomic E-state index is 0.0536. The van der Waals surface area contributed by atoms with Crippen molar-refractivity contribution in [1.82, 2.24) is 0 Å². The quantitative estimate of drug-likeness (QED) is 0.822. The Balaban J connectivity index is 2.36. The molecule has 0 aliphatic heterocycles. The van der Waals surface area contributed by atoms with Crippen LogP contribution in [0.3, 0.4) is 0 Å². The molecular weight excluding hydrogens is 188 g/mol. The maximum atomic E-state index is 10.8. The van der Waals surface area contributed by atoms with E-state index in [4.69, 9.17) is 5.11 Å². The van der Waals surface area contributed by atoms with Crippen molar-refractivity contribution < 1.29 is 9.90 Å². The molecule has 1 aromatic rings. The van der Waals surface area contributed by atoms with Crippen LogP contribution in [0.15, 0.2) is 18.2 Å². The fourth-order valence-electron chi connectivity index (χ4n) is 2.29. The van der Waals surface area contributed by atoms with Gasteiger partial charge >= 0.3 is 5.97 Å². The van der Waals surface area contributed by atoms with Gasteiger partial charge in [0.15, 0.2) is 0 Å². The van der Waals surface area contributed by atoms with E-state index in [1.54, 1.807) is 0 Å². The predicted molar refractivity (Wildman–Crippen MR) is 59.1 cm³/mol. The number of carbonyl (C=O) groups is 1. The monoisotopic (exact) mass is 204 g/mol. The van der Waals surface area contributed by atoms with Gasteiger partial charge in [0, 0.05) is 5.41 Å². The lowest BCUT2D eigenvalue weighted by atomic mass is 9.88. The van der Waals surface area contributed by atoms with Crippen molar-refractivity contribution in [2.24, 2.45) is 0 Å². The smallest absolute Gasteiger partial charge is 0.304 e. The number of carboxylic acids is 1. The van der Waals surface area contributed by atoms with Crippen molar-refractivity contribution in [3.63, 3.8) is 0 Å². The van der Waals surface area contributed by atoms with E-state index in [9.17, 15) is 4.79 Å². The molecule has 0 unspecified atom stereocenters. The summed E-state index contributed by atoms with van der Waals surface area (Å²) in [4.78, 5) is 10.8. The van der Waals surface area contributed by atoms with Crippen molar-refractivity contribution in [3.05, 3.63) is 34.9 Å². The summed E-state index contributed by atoms with van der Waals surface area (Å²) in [6.07, 6.45) is 2.31. The van der Waals surface area contributed by atoms with Gasteiger partial charge in [-0.15, -0.1) is 0 Å². The molecule has 1 saturated carbocycles. The van der Waals surface area contributed by atoms with E-state index in [0.29, 0.717) is 0 Å². The van der Waals surface area contributed by atoms with E-state index >= 15 is 0 Å². The Hall–Kier alpha value is -1.31. The van der Waals surface area contributed by atoms with Gasteiger partial charge in [-0.2, -0.15) is 0 Å². The minimum atomic E-state index is -0.687. The highest BCUT2D eigenvalue weighted by molar-refractivity contribution is 5.70. The van der Waals surface area contributed by atoms with Crippen LogP contribution in [0.25, 0.3) is 0 Å².